The molecule has 2 aromatic carbocycles. The lowest BCUT2D eigenvalue weighted by molar-refractivity contribution is -0.143. The number of phenols is 1. The lowest BCUT2D eigenvalue weighted by atomic mass is 10.00. The van der Waals surface area contributed by atoms with Crippen LogP contribution < -0.4 is 21.7 Å². The molecule has 1 heterocycles. The molecule has 0 spiro atoms. The van der Waals surface area contributed by atoms with Gasteiger partial charge in [-0.25, -0.2) is 4.79 Å². The number of benzene rings is 2. The van der Waals surface area contributed by atoms with Gasteiger partial charge < -0.3 is 42.0 Å². The van der Waals surface area contributed by atoms with Crippen molar-refractivity contribution in [2.75, 3.05) is 6.61 Å². The number of carboxylic acid groups (broad SMARTS) is 1. The number of fused-ring (bicyclic) bond motifs is 1. The van der Waals surface area contributed by atoms with Gasteiger partial charge in [-0.2, -0.15) is 0 Å². The number of aromatic hydroxyl groups is 1. The molecular formula is C29H37N5O7. The zero-order chi connectivity index (χ0) is 30.1. The summed E-state index contributed by atoms with van der Waals surface area (Å²) in [6.45, 7) is 2.99. The summed E-state index contributed by atoms with van der Waals surface area (Å²) in [5.74, 6) is -3.35. The van der Waals surface area contributed by atoms with E-state index in [0.29, 0.717) is 12.0 Å². The second-order valence-corrected chi connectivity index (χ2v) is 10.4. The molecule has 3 rings (SSSR count). The van der Waals surface area contributed by atoms with Gasteiger partial charge in [-0.05, 0) is 41.7 Å². The molecule has 0 saturated carbocycles. The molecule has 4 atom stereocenters. The van der Waals surface area contributed by atoms with Crippen LogP contribution in [0.3, 0.4) is 0 Å². The number of carboxylic acids is 1. The average Bonchev–Trinajstić information content (AvgIpc) is 3.34. The summed E-state index contributed by atoms with van der Waals surface area (Å²) in [4.78, 5) is 54.3. The second kappa shape index (κ2) is 14.3. The first-order chi connectivity index (χ1) is 19.5. The molecule has 0 aliphatic heterocycles. The van der Waals surface area contributed by atoms with E-state index in [-0.39, 0.29) is 24.5 Å². The lowest BCUT2D eigenvalue weighted by Gasteiger charge is -2.25. The molecule has 1 aromatic heterocycles. The maximum absolute atomic E-state index is 13.7. The van der Waals surface area contributed by atoms with Crippen LogP contribution in [0.4, 0.5) is 0 Å². The SMILES string of the molecule is CC(C)CC(N)C(=O)NC(Cc1c[nH]c2ccccc12)C(=O)NC(Cc1ccc(O)cc1)C(=O)NC(CO)C(=O)O. The molecule has 220 valence electrons. The number of carbonyl (C=O) groups is 4. The highest BCUT2D eigenvalue weighted by atomic mass is 16.4. The summed E-state index contributed by atoms with van der Waals surface area (Å²) >= 11 is 0. The smallest absolute Gasteiger partial charge is 0.328 e. The van der Waals surface area contributed by atoms with Gasteiger partial charge in [0.15, 0.2) is 0 Å². The number of nitrogens with two attached hydrogens (primary N) is 1. The number of amides is 3. The zero-order valence-corrected chi connectivity index (χ0v) is 23.0. The van der Waals surface area contributed by atoms with Gasteiger partial charge in [-0.3, -0.25) is 14.4 Å². The molecule has 0 aliphatic carbocycles. The Labute approximate surface area is 237 Å². The maximum Gasteiger partial charge on any atom is 0.328 e. The highest BCUT2D eigenvalue weighted by Gasteiger charge is 2.31. The van der Waals surface area contributed by atoms with E-state index in [1.807, 2.05) is 38.1 Å². The van der Waals surface area contributed by atoms with Crippen LogP contribution in [0.5, 0.6) is 5.75 Å². The maximum atomic E-state index is 13.7. The van der Waals surface area contributed by atoms with Crippen molar-refractivity contribution in [3.8, 4) is 5.75 Å². The van der Waals surface area contributed by atoms with E-state index in [2.05, 4.69) is 20.9 Å². The van der Waals surface area contributed by atoms with E-state index < -0.39 is 54.5 Å². The number of rotatable bonds is 14. The molecule has 0 saturated heterocycles. The number of aromatic amines is 1. The van der Waals surface area contributed by atoms with Crippen LogP contribution in [0, 0.1) is 5.92 Å². The lowest BCUT2D eigenvalue weighted by Crippen LogP contribution is -2.58. The van der Waals surface area contributed by atoms with Gasteiger partial charge in [0, 0.05) is 29.9 Å². The Morgan fingerprint density at radius 3 is 2.05 bits per heavy atom. The first-order valence-corrected chi connectivity index (χ1v) is 13.3. The number of H-pyrrole nitrogens is 1. The second-order valence-electron chi connectivity index (χ2n) is 10.4. The van der Waals surface area contributed by atoms with E-state index in [9.17, 15) is 34.5 Å². The predicted molar refractivity (Wildman–Crippen MR) is 152 cm³/mol. The molecule has 41 heavy (non-hydrogen) atoms. The summed E-state index contributed by atoms with van der Waals surface area (Å²) < 4.78 is 0. The van der Waals surface area contributed by atoms with Crippen LogP contribution in [0.2, 0.25) is 0 Å². The molecule has 0 aliphatic rings. The first kappa shape index (κ1) is 31.1. The highest BCUT2D eigenvalue weighted by molar-refractivity contribution is 5.95. The van der Waals surface area contributed by atoms with Gasteiger partial charge in [-0.1, -0.05) is 44.2 Å². The number of hydrogen-bond acceptors (Lipinski definition) is 7. The standard InChI is InChI=1S/C29H37N5O7/c1-16(2)11-21(30)26(37)32-24(13-18-14-31-22-6-4-3-5-20(18)22)28(39)33-23(12-17-7-9-19(36)10-8-17)27(38)34-25(15-35)29(40)41/h3-10,14,16,21,23-25,31,35-36H,11-13,15,30H2,1-2H3,(H,32,37)(H,33,39)(H,34,38)(H,40,41). The Morgan fingerprint density at radius 1 is 0.854 bits per heavy atom. The Kier molecular flexibility index (Phi) is 10.8. The summed E-state index contributed by atoms with van der Waals surface area (Å²) in [5, 5.41) is 36.7. The average molecular weight is 568 g/mol. The van der Waals surface area contributed by atoms with Crippen molar-refractivity contribution in [2.24, 2.45) is 11.7 Å². The highest BCUT2D eigenvalue weighted by Crippen LogP contribution is 2.20. The molecule has 12 heteroatoms. The molecule has 3 aromatic rings. The van der Waals surface area contributed by atoms with Gasteiger partial charge >= 0.3 is 5.97 Å². The Morgan fingerprint density at radius 2 is 1.44 bits per heavy atom. The number of aliphatic hydroxyl groups excluding tert-OH is 1. The third-order valence-corrected chi connectivity index (χ3v) is 6.60. The fraction of sp³-hybridized carbons (Fsp3) is 0.379. The number of nitrogens with one attached hydrogen (secondary N) is 4. The van der Waals surface area contributed by atoms with Crippen LogP contribution in [0.15, 0.2) is 54.7 Å². The van der Waals surface area contributed by atoms with Gasteiger partial charge in [0.05, 0.1) is 12.6 Å². The van der Waals surface area contributed by atoms with Crippen LogP contribution in [0.25, 0.3) is 10.9 Å². The number of aromatic nitrogens is 1. The molecule has 0 bridgehead atoms. The van der Waals surface area contributed by atoms with Crippen molar-refractivity contribution in [1.82, 2.24) is 20.9 Å². The summed E-state index contributed by atoms with van der Waals surface area (Å²) in [6.07, 6.45) is 2.16. The third-order valence-electron chi connectivity index (χ3n) is 6.60. The van der Waals surface area contributed by atoms with Gasteiger partial charge in [0.25, 0.3) is 0 Å². The van der Waals surface area contributed by atoms with Crippen molar-refractivity contribution >= 4 is 34.6 Å². The van der Waals surface area contributed by atoms with E-state index in [4.69, 9.17) is 5.73 Å². The molecule has 12 nitrogen and oxygen atoms in total. The minimum Gasteiger partial charge on any atom is -0.508 e. The largest absolute Gasteiger partial charge is 0.508 e. The number of aliphatic hydroxyl groups is 1. The quantitative estimate of drug-likeness (QED) is 0.138. The number of aliphatic carboxylic acids is 1. The summed E-state index contributed by atoms with van der Waals surface area (Å²) in [7, 11) is 0. The van der Waals surface area contributed by atoms with Crippen molar-refractivity contribution in [1.29, 1.82) is 0 Å². The molecule has 4 unspecified atom stereocenters. The normalized spacial score (nSPS) is 14.2. The van der Waals surface area contributed by atoms with E-state index in [0.717, 1.165) is 16.5 Å². The predicted octanol–water partition coefficient (Wildman–Crippen LogP) is 0.563. The van der Waals surface area contributed by atoms with Gasteiger partial charge in [0.1, 0.15) is 23.9 Å². The van der Waals surface area contributed by atoms with Crippen molar-refractivity contribution < 1.29 is 34.5 Å². The number of hydrogen-bond donors (Lipinski definition) is 8. The van der Waals surface area contributed by atoms with Crippen LogP contribution >= 0.6 is 0 Å². The fourth-order valence-electron chi connectivity index (χ4n) is 4.43. The fourth-order valence-corrected chi connectivity index (χ4v) is 4.43. The Bertz CT molecular complexity index is 1360. The molecule has 9 N–H and O–H groups in total. The minimum absolute atomic E-state index is 0.00394. The third kappa shape index (κ3) is 8.78. The monoisotopic (exact) mass is 567 g/mol. The van der Waals surface area contributed by atoms with Crippen LogP contribution in [-0.2, 0) is 32.0 Å². The Hall–Kier alpha value is -4.42. The van der Waals surface area contributed by atoms with E-state index >= 15 is 0 Å². The number of phenolic OH excluding ortho intramolecular Hbond substituents is 1. The van der Waals surface area contributed by atoms with Crippen LogP contribution in [0.1, 0.15) is 31.4 Å². The van der Waals surface area contributed by atoms with Gasteiger partial charge in [-0.15, -0.1) is 0 Å². The molecular weight excluding hydrogens is 530 g/mol. The first-order valence-electron chi connectivity index (χ1n) is 13.3. The topological polar surface area (TPSA) is 207 Å². The number of para-hydroxylation sites is 1. The Balaban J connectivity index is 1.89. The van der Waals surface area contributed by atoms with E-state index in [1.165, 1.54) is 12.1 Å². The summed E-state index contributed by atoms with van der Waals surface area (Å²) in [6, 6.07) is 8.57. The van der Waals surface area contributed by atoms with Crippen molar-refractivity contribution in [2.45, 2.75) is 57.3 Å². The molecule has 0 radical (unpaired) electrons. The zero-order valence-electron chi connectivity index (χ0n) is 23.0. The summed E-state index contributed by atoms with van der Waals surface area (Å²) in [5.41, 5.74) is 8.24. The van der Waals surface area contributed by atoms with Crippen molar-refractivity contribution in [3.05, 3.63) is 65.9 Å². The number of carbonyl (C=O) groups excluding carboxylic acids is 3. The minimum atomic E-state index is -1.59. The molecule has 0 fully saturated rings. The van der Waals surface area contributed by atoms with Crippen molar-refractivity contribution in [3.63, 3.8) is 0 Å². The van der Waals surface area contributed by atoms with Crippen LogP contribution in [-0.4, -0.2) is 74.8 Å². The van der Waals surface area contributed by atoms with Gasteiger partial charge in [0.2, 0.25) is 17.7 Å². The van der Waals surface area contributed by atoms with E-state index in [1.54, 1.807) is 18.3 Å². The molecule has 3 amide bonds.